The predicted octanol–water partition coefficient (Wildman–Crippen LogP) is 2.19. The van der Waals surface area contributed by atoms with Crippen molar-refractivity contribution < 1.29 is 23.8 Å². The average molecular weight is 298 g/mol. The lowest BCUT2D eigenvalue weighted by atomic mass is 9.98. The van der Waals surface area contributed by atoms with Crippen molar-refractivity contribution in [3.8, 4) is 0 Å². The van der Waals surface area contributed by atoms with E-state index in [9.17, 15) is 9.59 Å². The normalized spacial score (nSPS) is 30.7. The van der Waals surface area contributed by atoms with Gasteiger partial charge < -0.3 is 14.2 Å². The van der Waals surface area contributed by atoms with Gasteiger partial charge in [-0.15, -0.1) is 0 Å². The second-order valence-electron chi connectivity index (χ2n) is 5.67. The van der Waals surface area contributed by atoms with E-state index in [0.29, 0.717) is 11.1 Å². The molecule has 1 aromatic carbocycles. The van der Waals surface area contributed by atoms with Crippen molar-refractivity contribution in [3.05, 3.63) is 58.9 Å². The first kappa shape index (κ1) is 13.1. The van der Waals surface area contributed by atoms with Crippen LogP contribution < -0.4 is 0 Å². The van der Waals surface area contributed by atoms with Gasteiger partial charge in [-0.05, 0) is 24.5 Å². The van der Waals surface area contributed by atoms with Crippen LogP contribution in [0, 0.1) is 5.92 Å². The van der Waals surface area contributed by atoms with Gasteiger partial charge in [-0.1, -0.05) is 24.3 Å². The summed E-state index contributed by atoms with van der Waals surface area (Å²) < 4.78 is 15.9. The number of fused-ring (bicyclic) bond motifs is 3. The molecule has 0 spiro atoms. The van der Waals surface area contributed by atoms with Crippen LogP contribution >= 0.6 is 0 Å². The molecule has 1 aliphatic carbocycles. The van der Waals surface area contributed by atoms with E-state index in [0.717, 1.165) is 12.0 Å². The molecule has 1 unspecified atom stereocenters. The van der Waals surface area contributed by atoms with Crippen molar-refractivity contribution >= 4 is 11.9 Å². The maximum atomic E-state index is 12.0. The zero-order valence-corrected chi connectivity index (χ0v) is 11.9. The molecule has 2 aliphatic heterocycles. The van der Waals surface area contributed by atoms with Crippen LogP contribution in [0.2, 0.25) is 0 Å². The molecule has 2 heterocycles. The lowest BCUT2D eigenvalue weighted by Crippen LogP contribution is -2.11. The summed E-state index contributed by atoms with van der Waals surface area (Å²) in [5.41, 5.74) is 3.25. The summed E-state index contributed by atoms with van der Waals surface area (Å²) in [5, 5.41) is 0. The highest BCUT2D eigenvalue weighted by Gasteiger charge is 2.46. The van der Waals surface area contributed by atoms with Gasteiger partial charge in [0.15, 0.2) is 0 Å². The molecule has 3 atom stereocenters. The van der Waals surface area contributed by atoms with Crippen LogP contribution in [0.3, 0.4) is 0 Å². The summed E-state index contributed by atoms with van der Waals surface area (Å²) in [6.45, 7) is 1.66. The van der Waals surface area contributed by atoms with E-state index >= 15 is 0 Å². The van der Waals surface area contributed by atoms with Crippen LogP contribution in [0.4, 0.5) is 0 Å². The van der Waals surface area contributed by atoms with Gasteiger partial charge in [0.1, 0.15) is 6.10 Å². The highest BCUT2D eigenvalue weighted by Crippen LogP contribution is 2.47. The Balaban J connectivity index is 1.55. The molecular weight excluding hydrogens is 284 g/mol. The lowest BCUT2D eigenvalue weighted by Gasteiger charge is -2.09. The van der Waals surface area contributed by atoms with Crippen molar-refractivity contribution in [3.63, 3.8) is 0 Å². The Morgan fingerprint density at radius 3 is 2.77 bits per heavy atom. The van der Waals surface area contributed by atoms with Gasteiger partial charge in [0.2, 0.25) is 0 Å². The third-order valence-corrected chi connectivity index (χ3v) is 4.30. The monoisotopic (exact) mass is 298 g/mol. The molecule has 1 aromatic rings. The van der Waals surface area contributed by atoms with E-state index in [-0.39, 0.29) is 18.0 Å². The Morgan fingerprint density at radius 2 is 2.00 bits per heavy atom. The number of carbonyl (C=O) groups is 2. The van der Waals surface area contributed by atoms with Gasteiger partial charge in [-0.2, -0.15) is 0 Å². The fraction of sp³-hybridized carbons (Fsp3) is 0.294. The van der Waals surface area contributed by atoms with Crippen molar-refractivity contribution in [2.45, 2.75) is 25.7 Å². The van der Waals surface area contributed by atoms with Gasteiger partial charge in [0.25, 0.3) is 6.29 Å². The zero-order valence-electron chi connectivity index (χ0n) is 11.9. The molecule has 4 rings (SSSR count). The van der Waals surface area contributed by atoms with Crippen molar-refractivity contribution in [1.82, 2.24) is 0 Å². The van der Waals surface area contributed by atoms with E-state index in [1.165, 1.54) is 11.8 Å². The number of carbonyl (C=O) groups excluding carboxylic acids is 2. The summed E-state index contributed by atoms with van der Waals surface area (Å²) in [5.74, 6) is -0.801. The molecule has 0 aromatic heterocycles. The molecule has 22 heavy (non-hydrogen) atoms. The summed E-state index contributed by atoms with van der Waals surface area (Å²) in [6.07, 6.45) is 2.71. The Morgan fingerprint density at radius 1 is 1.18 bits per heavy atom. The maximum absolute atomic E-state index is 12.0. The van der Waals surface area contributed by atoms with Crippen LogP contribution in [0.25, 0.3) is 0 Å². The minimum atomic E-state index is -0.768. The van der Waals surface area contributed by atoms with Crippen molar-refractivity contribution in [2.75, 3.05) is 0 Å². The molecule has 5 nitrogen and oxygen atoms in total. The van der Waals surface area contributed by atoms with E-state index in [2.05, 4.69) is 0 Å². The molecule has 1 fully saturated rings. The first-order chi connectivity index (χ1) is 10.6. The third kappa shape index (κ3) is 1.93. The molecule has 0 saturated carbocycles. The Hall–Kier alpha value is -2.56. The fourth-order valence-electron chi connectivity index (χ4n) is 3.16. The third-order valence-electron chi connectivity index (χ3n) is 4.30. The standard InChI is InChI=1S/C17H14O5/c1-9-6-14(21-16(9)18)20-8-13-12-7-10-4-2-3-5-11(10)15(12)22-17(13)19/h2-6,8,12,14-15H,7H2,1H3/t12-,14?,15-/m1/s1. The summed E-state index contributed by atoms with van der Waals surface area (Å²) in [6, 6.07) is 7.96. The smallest absolute Gasteiger partial charge is 0.338 e. The molecule has 0 bridgehead atoms. The molecule has 0 amide bonds. The van der Waals surface area contributed by atoms with Crippen LogP contribution in [-0.2, 0) is 30.2 Å². The molecule has 1 saturated heterocycles. The number of hydrogen-bond acceptors (Lipinski definition) is 5. The van der Waals surface area contributed by atoms with Gasteiger partial charge in [0, 0.05) is 17.6 Å². The first-order valence-electron chi connectivity index (χ1n) is 7.17. The second-order valence-corrected chi connectivity index (χ2v) is 5.67. The van der Waals surface area contributed by atoms with E-state index in [1.807, 2.05) is 24.3 Å². The van der Waals surface area contributed by atoms with Crippen molar-refractivity contribution in [1.29, 1.82) is 0 Å². The quantitative estimate of drug-likeness (QED) is 0.476. The SMILES string of the molecule is CC1=CC(OC=C2C(=O)O[C@@H]3c4ccccc4C[C@H]23)OC1=O. The highest BCUT2D eigenvalue weighted by molar-refractivity contribution is 5.92. The Bertz CT molecular complexity index is 730. The predicted molar refractivity (Wildman–Crippen MR) is 75.3 cm³/mol. The minimum Gasteiger partial charge on any atom is -0.458 e. The van der Waals surface area contributed by atoms with Gasteiger partial charge in [-0.3, -0.25) is 0 Å². The Labute approximate surface area is 127 Å². The van der Waals surface area contributed by atoms with Crippen LogP contribution in [0.5, 0.6) is 0 Å². The molecule has 5 heteroatoms. The van der Waals surface area contributed by atoms with Gasteiger partial charge in [0.05, 0.1) is 11.8 Å². The van der Waals surface area contributed by atoms with Gasteiger partial charge >= 0.3 is 11.9 Å². The van der Waals surface area contributed by atoms with Crippen molar-refractivity contribution in [2.24, 2.45) is 5.92 Å². The topological polar surface area (TPSA) is 61.8 Å². The zero-order chi connectivity index (χ0) is 15.3. The molecule has 0 N–H and O–H groups in total. The molecule has 112 valence electrons. The van der Waals surface area contributed by atoms with Crippen LogP contribution in [-0.4, -0.2) is 18.2 Å². The van der Waals surface area contributed by atoms with E-state index in [4.69, 9.17) is 14.2 Å². The lowest BCUT2D eigenvalue weighted by molar-refractivity contribution is -0.152. The minimum absolute atomic E-state index is 0.0351. The average Bonchev–Trinajstić information content (AvgIpc) is 3.10. The summed E-state index contributed by atoms with van der Waals surface area (Å²) in [4.78, 5) is 23.3. The van der Waals surface area contributed by atoms with Crippen LogP contribution in [0.1, 0.15) is 24.2 Å². The molecular formula is C17H14O5. The number of cyclic esters (lactones) is 1. The molecule has 3 aliphatic rings. The number of benzene rings is 1. The van der Waals surface area contributed by atoms with E-state index in [1.54, 1.807) is 13.0 Å². The van der Waals surface area contributed by atoms with E-state index < -0.39 is 12.3 Å². The summed E-state index contributed by atoms with van der Waals surface area (Å²) >= 11 is 0. The summed E-state index contributed by atoms with van der Waals surface area (Å²) in [7, 11) is 0. The largest absolute Gasteiger partial charge is 0.458 e. The molecule has 0 radical (unpaired) electrons. The second kappa shape index (κ2) is 4.73. The van der Waals surface area contributed by atoms with Gasteiger partial charge in [-0.25, -0.2) is 9.59 Å². The number of hydrogen-bond donors (Lipinski definition) is 0. The highest BCUT2D eigenvalue weighted by atomic mass is 16.7. The Kier molecular flexibility index (Phi) is 2.82. The fourth-order valence-corrected chi connectivity index (χ4v) is 3.16. The number of ether oxygens (including phenoxy) is 3. The number of rotatable bonds is 2. The maximum Gasteiger partial charge on any atom is 0.338 e. The number of esters is 2. The first-order valence-corrected chi connectivity index (χ1v) is 7.17. The van der Waals surface area contributed by atoms with Crippen LogP contribution in [0.15, 0.2) is 47.7 Å².